The first-order chi connectivity index (χ1) is 8.28. The summed E-state index contributed by atoms with van der Waals surface area (Å²) in [6, 6.07) is 9.66. The van der Waals surface area contributed by atoms with Crippen LogP contribution in [0.1, 0.15) is 17.0 Å². The average Bonchev–Trinajstić information content (AvgIpc) is 2.75. The van der Waals surface area contributed by atoms with Crippen LogP contribution in [-0.4, -0.2) is 14.8 Å². The third-order valence-corrected chi connectivity index (χ3v) is 2.32. The van der Waals surface area contributed by atoms with Crippen LogP contribution in [0.3, 0.4) is 0 Å². The maximum absolute atomic E-state index is 8.78. The Bertz CT molecular complexity index is 538. The van der Waals surface area contributed by atoms with E-state index in [2.05, 4.69) is 21.5 Å². The van der Waals surface area contributed by atoms with Crippen LogP contribution in [-0.2, 0) is 20.1 Å². The van der Waals surface area contributed by atoms with Crippen molar-refractivity contribution in [3.05, 3.63) is 47.5 Å². The molecule has 0 fully saturated rings. The molecule has 1 aromatic carbocycles. The topological polar surface area (TPSA) is 66.5 Å². The molecule has 17 heavy (non-hydrogen) atoms. The van der Waals surface area contributed by atoms with Gasteiger partial charge >= 0.3 is 0 Å². The molecule has 0 saturated heterocycles. The maximum Gasteiger partial charge on any atom is 0.164 e. The number of nitrogens with zero attached hydrogens (tertiary/aromatic N) is 4. The van der Waals surface area contributed by atoms with Gasteiger partial charge < -0.3 is 5.32 Å². The van der Waals surface area contributed by atoms with Gasteiger partial charge in [0.1, 0.15) is 6.33 Å². The van der Waals surface area contributed by atoms with Crippen LogP contribution < -0.4 is 5.32 Å². The molecule has 5 heteroatoms. The molecule has 1 heterocycles. The zero-order chi connectivity index (χ0) is 12.1. The van der Waals surface area contributed by atoms with Crippen molar-refractivity contribution in [2.45, 2.75) is 13.1 Å². The lowest BCUT2D eigenvalue weighted by atomic mass is 10.1. The number of hydrogen-bond donors (Lipinski definition) is 1. The zero-order valence-electron chi connectivity index (χ0n) is 9.59. The second-order valence-corrected chi connectivity index (χ2v) is 3.75. The second-order valence-electron chi connectivity index (χ2n) is 3.75. The molecular formula is C12H13N5. The monoisotopic (exact) mass is 227 g/mol. The van der Waals surface area contributed by atoms with Gasteiger partial charge in [-0.3, -0.25) is 4.68 Å². The fourth-order valence-electron chi connectivity index (χ4n) is 1.53. The minimum absolute atomic E-state index is 0.623. The fraction of sp³-hybridized carbons (Fsp3) is 0.250. The van der Waals surface area contributed by atoms with Gasteiger partial charge in [-0.25, -0.2) is 4.98 Å². The molecule has 0 spiro atoms. The lowest BCUT2D eigenvalue weighted by Gasteiger charge is -2.02. The highest BCUT2D eigenvalue weighted by atomic mass is 15.3. The van der Waals surface area contributed by atoms with Crippen molar-refractivity contribution in [3.63, 3.8) is 0 Å². The average molecular weight is 227 g/mol. The first-order valence-electron chi connectivity index (χ1n) is 5.32. The number of rotatable bonds is 4. The van der Waals surface area contributed by atoms with Crippen molar-refractivity contribution in [2.75, 3.05) is 0 Å². The van der Waals surface area contributed by atoms with Gasteiger partial charge in [0, 0.05) is 13.6 Å². The Hall–Kier alpha value is -2.19. The van der Waals surface area contributed by atoms with Gasteiger partial charge in [-0.15, -0.1) is 0 Å². The molecule has 0 amide bonds. The van der Waals surface area contributed by atoms with Crippen LogP contribution in [0, 0.1) is 11.3 Å². The van der Waals surface area contributed by atoms with Crippen LogP contribution in [0.2, 0.25) is 0 Å². The molecule has 1 N–H and O–H groups in total. The summed E-state index contributed by atoms with van der Waals surface area (Å²) in [7, 11) is 1.84. The van der Waals surface area contributed by atoms with Gasteiger partial charge in [0.05, 0.1) is 18.2 Å². The third kappa shape index (κ3) is 3.13. The van der Waals surface area contributed by atoms with Crippen molar-refractivity contribution < 1.29 is 0 Å². The van der Waals surface area contributed by atoms with Gasteiger partial charge in [0.2, 0.25) is 0 Å². The minimum atomic E-state index is 0.623. The van der Waals surface area contributed by atoms with E-state index < -0.39 is 0 Å². The highest BCUT2D eigenvalue weighted by Gasteiger charge is 1.99. The molecule has 0 atom stereocenters. The third-order valence-electron chi connectivity index (χ3n) is 2.32. The van der Waals surface area contributed by atoms with Gasteiger partial charge in [-0.05, 0) is 17.7 Å². The molecule has 86 valence electrons. The van der Waals surface area contributed by atoms with Crippen LogP contribution in [0.15, 0.2) is 30.6 Å². The van der Waals surface area contributed by atoms with Crippen LogP contribution in [0.25, 0.3) is 0 Å². The van der Waals surface area contributed by atoms with Gasteiger partial charge in [-0.1, -0.05) is 12.1 Å². The van der Waals surface area contributed by atoms with E-state index in [-0.39, 0.29) is 0 Å². The summed E-state index contributed by atoms with van der Waals surface area (Å²) >= 11 is 0. The van der Waals surface area contributed by atoms with Crippen LogP contribution >= 0.6 is 0 Å². The number of hydrogen-bond acceptors (Lipinski definition) is 4. The number of benzene rings is 1. The van der Waals surface area contributed by atoms with E-state index in [0.717, 1.165) is 11.4 Å². The maximum atomic E-state index is 8.78. The molecule has 0 saturated carbocycles. The molecule has 1 aromatic heterocycles. The summed E-state index contributed by atoms with van der Waals surface area (Å²) < 4.78 is 1.67. The molecule has 0 aliphatic carbocycles. The van der Waals surface area contributed by atoms with Gasteiger partial charge in [0.25, 0.3) is 0 Å². The largest absolute Gasteiger partial charge is 0.306 e. The Morgan fingerprint density at radius 2 is 2.29 bits per heavy atom. The summed E-state index contributed by atoms with van der Waals surface area (Å²) in [4.78, 5) is 4.12. The molecule has 0 aliphatic rings. The van der Waals surface area contributed by atoms with Gasteiger partial charge in [0.15, 0.2) is 5.82 Å². The van der Waals surface area contributed by atoms with E-state index in [0.29, 0.717) is 18.7 Å². The predicted octanol–water partition coefficient (Wildman–Crippen LogP) is 0.977. The number of nitriles is 1. The summed E-state index contributed by atoms with van der Waals surface area (Å²) in [5.41, 5.74) is 1.76. The van der Waals surface area contributed by atoms with E-state index in [9.17, 15) is 0 Å². The number of aryl methyl sites for hydroxylation is 1. The molecule has 2 rings (SSSR count). The number of aromatic nitrogens is 3. The lowest BCUT2D eigenvalue weighted by Crippen LogP contribution is -2.14. The SMILES string of the molecule is Cn1cnc(CNCc2cccc(C#N)c2)n1. The predicted molar refractivity (Wildman–Crippen MR) is 62.7 cm³/mol. The molecule has 0 radical (unpaired) electrons. The van der Waals surface area contributed by atoms with Crippen molar-refractivity contribution >= 4 is 0 Å². The van der Waals surface area contributed by atoms with Crippen molar-refractivity contribution in [3.8, 4) is 6.07 Å². The van der Waals surface area contributed by atoms with E-state index in [1.807, 2.05) is 25.2 Å². The Morgan fingerprint density at radius 1 is 1.41 bits per heavy atom. The van der Waals surface area contributed by atoms with Gasteiger partial charge in [-0.2, -0.15) is 10.4 Å². The highest BCUT2D eigenvalue weighted by Crippen LogP contribution is 2.03. The highest BCUT2D eigenvalue weighted by molar-refractivity contribution is 5.32. The number of nitrogens with one attached hydrogen (secondary N) is 1. The molecule has 5 nitrogen and oxygen atoms in total. The molecule has 0 unspecified atom stereocenters. The second kappa shape index (κ2) is 5.23. The van der Waals surface area contributed by atoms with E-state index in [1.54, 1.807) is 17.1 Å². The fourth-order valence-corrected chi connectivity index (χ4v) is 1.53. The summed E-state index contributed by atoms with van der Waals surface area (Å²) in [6.45, 7) is 1.32. The first kappa shape index (κ1) is 11.3. The van der Waals surface area contributed by atoms with Crippen molar-refractivity contribution in [1.29, 1.82) is 5.26 Å². The molecule has 0 aliphatic heterocycles. The smallest absolute Gasteiger partial charge is 0.164 e. The van der Waals surface area contributed by atoms with E-state index in [4.69, 9.17) is 5.26 Å². The van der Waals surface area contributed by atoms with Crippen LogP contribution in [0.4, 0.5) is 0 Å². The Morgan fingerprint density at radius 3 is 3.00 bits per heavy atom. The van der Waals surface area contributed by atoms with Crippen LogP contribution in [0.5, 0.6) is 0 Å². The van der Waals surface area contributed by atoms with E-state index >= 15 is 0 Å². The van der Waals surface area contributed by atoms with Crippen molar-refractivity contribution in [1.82, 2.24) is 20.1 Å². The normalized spacial score (nSPS) is 10.1. The Balaban J connectivity index is 1.88. The lowest BCUT2D eigenvalue weighted by molar-refractivity contribution is 0.649. The summed E-state index contributed by atoms with van der Waals surface area (Å²) in [6.07, 6.45) is 1.67. The summed E-state index contributed by atoms with van der Waals surface area (Å²) in [5, 5.41) is 16.2. The molecule has 0 bridgehead atoms. The molecular weight excluding hydrogens is 214 g/mol. The zero-order valence-corrected chi connectivity index (χ0v) is 9.59. The Kier molecular flexibility index (Phi) is 3.48. The first-order valence-corrected chi connectivity index (χ1v) is 5.32. The quantitative estimate of drug-likeness (QED) is 0.845. The molecule has 2 aromatic rings. The Labute approximate surface area is 99.7 Å². The minimum Gasteiger partial charge on any atom is -0.306 e. The van der Waals surface area contributed by atoms with E-state index in [1.165, 1.54) is 0 Å². The summed E-state index contributed by atoms with van der Waals surface area (Å²) in [5.74, 6) is 0.768. The standard InChI is InChI=1S/C12H13N5/c1-17-9-15-12(16-17)8-14-7-11-4-2-3-10(5-11)6-13/h2-5,9,14H,7-8H2,1H3. The van der Waals surface area contributed by atoms with Crippen molar-refractivity contribution in [2.24, 2.45) is 7.05 Å².